The molecule has 0 radical (unpaired) electrons. The molecule has 5 heteroatoms. The van der Waals surface area contributed by atoms with E-state index in [1.165, 1.54) is 0 Å². The molecule has 1 aromatic carbocycles. The molecule has 0 aliphatic heterocycles. The van der Waals surface area contributed by atoms with Crippen molar-refractivity contribution in [2.45, 2.75) is 6.42 Å². The van der Waals surface area contributed by atoms with Crippen LogP contribution in [0.4, 0.5) is 0 Å². The molecule has 1 rings (SSSR count). The molecule has 17 heavy (non-hydrogen) atoms. The Hall–Kier alpha value is -1.43. The minimum Gasteiger partial charge on any atom is -0.478 e. The molecule has 0 amide bonds. The van der Waals surface area contributed by atoms with Gasteiger partial charge in [-0.2, -0.15) is 0 Å². The number of carboxylic acid groups (broad SMARTS) is 1. The minimum absolute atomic E-state index is 0.0335. The Morgan fingerprint density at radius 1 is 1.06 bits per heavy atom. The number of carboxylic acids is 1. The molecule has 1 aromatic rings. The van der Waals surface area contributed by atoms with Crippen molar-refractivity contribution in [3.63, 3.8) is 0 Å². The average Bonchev–Trinajstić information content (AvgIpc) is 2.37. The van der Waals surface area contributed by atoms with Gasteiger partial charge in [0.1, 0.15) is 0 Å². The van der Waals surface area contributed by atoms with Crippen molar-refractivity contribution in [2.75, 3.05) is 19.8 Å². The molecule has 5 nitrogen and oxygen atoms in total. The summed E-state index contributed by atoms with van der Waals surface area (Å²) in [5.41, 5.74) is 0.331. The zero-order valence-corrected chi connectivity index (χ0v) is 9.49. The van der Waals surface area contributed by atoms with Crippen LogP contribution in [0.15, 0.2) is 30.3 Å². The Balaban J connectivity index is 0.000000304. The van der Waals surface area contributed by atoms with Gasteiger partial charge in [-0.05, 0) is 18.6 Å². The highest BCUT2D eigenvalue weighted by Gasteiger charge is 2.02. The van der Waals surface area contributed by atoms with E-state index in [0.29, 0.717) is 12.0 Å². The third-order valence-corrected chi connectivity index (χ3v) is 2.07. The van der Waals surface area contributed by atoms with Gasteiger partial charge in [-0.15, -0.1) is 0 Å². The summed E-state index contributed by atoms with van der Waals surface area (Å²) in [5.74, 6) is -1.02. The van der Waals surface area contributed by atoms with Crippen LogP contribution < -0.4 is 0 Å². The maximum absolute atomic E-state index is 10.2. The van der Waals surface area contributed by atoms with Crippen molar-refractivity contribution < 1.29 is 25.2 Å². The van der Waals surface area contributed by atoms with Gasteiger partial charge in [0, 0.05) is 25.7 Å². The summed E-state index contributed by atoms with van der Waals surface area (Å²) in [6.07, 6.45) is 0.479. The SMILES string of the molecule is O=C(O)c1ccccc1.OCCC(CO)CO. The second kappa shape index (κ2) is 9.77. The van der Waals surface area contributed by atoms with E-state index in [4.69, 9.17) is 20.4 Å². The minimum atomic E-state index is -0.879. The maximum Gasteiger partial charge on any atom is 0.335 e. The fourth-order valence-corrected chi connectivity index (χ4v) is 1.00. The predicted molar refractivity (Wildman–Crippen MR) is 62.8 cm³/mol. The van der Waals surface area contributed by atoms with E-state index in [1.807, 2.05) is 0 Å². The zero-order valence-electron chi connectivity index (χ0n) is 9.49. The van der Waals surface area contributed by atoms with Crippen molar-refractivity contribution in [3.05, 3.63) is 35.9 Å². The molecule has 0 saturated carbocycles. The lowest BCUT2D eigenvalue weighted by atomic mass is 10.1. The lowest BCUT2D eigenvalue weighted by molar-refractivity contribution is 0.0697. The number of rotatable bonds is 5. The Bertz CT molecular complexity index is 295. The van der Waals surface area contributed by atoms with Crippen molar-refractivity contribution in [1.82, 2.24) is 0 Å². The first kappa shape index (κ1) is 15.6. The molecule has 0 aliphatic carbocycles. The molecule has 0 aromatic heterocycles. The number of carbonyl (C=O) groups is 1. The van der Waals surface area contributed by atoms with Crippen LogP contribution in [0, 0.1) is 5.92 Å². The van der Waals surface area contributed by atoms with E-state index in [0.717, 1.165) is 0 Å². The molecule has 4 N–H and O–H groups in total. The quantitative estimate of drug-likeness (QED) is 0.597. The summed E-state index contributed by atoms with van der Waals surface area (Å²) in [4.78, 5) is 10.2. The van der Waals surface area contributed by atoms with E-state index in [-0.39, 0.29) is 25.7 Å². The molecule has 0 aliphatic rings. The molecule has 0 atom stereocenters. The topological polar surface area (TPSA) is 98.0 Å². The van der Waals surface area contributed by atoms with Gasteiger partial charge in [0.15, 0.2) is 0 Å². The number of aliphatic hydroxyl groups excluding tert-OH is 3. The van der Waals surface area contributed by atoms with E-state index >= 15 is 0 Å². The Labute approximate surface area is 100.0 Å². The van der Waals surface area contributed by atoms with Crippen molar-refractivity contribution in [3.8, 4) is 0 Å². The number of hydrogen-bond acceptors (Lipinski definition) is 4. The van der Waals surface area contributed by atoms with Crippen LogP contribution in [0.3, 0.4) is 0 Å². The second-order valence-corrected chi connectivity index (χ2v) is 3.41. The molecule has 0 bridgehead atoms. The third-order valence-electron chi connectivity index (χ3n) is 2.07. The summed E-state index contributed by atoms with van der Waals surface area (Å²) in [5, 5.41) is 33.4. The van der Waals surface area contributed by atoms with Gasteiger partial charge in [0.25, 0.3) is 0 Å². The van der Waals surface area contributed by atoms with Gasteiger partial charge in [0.2, 0.25) is 0 Å². The Morgan fingerprint density at radius 3 is 1.82 bits per heavy atom. The molecule has 0 saturated heterocycles. The van der Waals surface area contributed by atoms with Gasteiger partial charge < -0.3 is 20.4 Å². The summed E-state index contributed by atoms with van der Waals surface area (Å²) < 4.78 is 0. The van der Waals surface area contributed by atoms with Crippen LogP contribution in [0.25, 0.3) is 0 Å². The highest BCUT2D eigenvalue weighted by atomic mass is 16.4. The molecular formula is C12H18O5. The fourth-order valence-electron chi connectivity index (χ4n) is 1.00. The smallest absolute Gasteiger partial charge is 0.335 e. The van der Waals surface area contributed by atoms with Crippen molar-refractivity contribution >= 4 is 5.97 Å². The molecule has 0 unspecified atom stereocenters. The Morgan fingerprint density at radius 2 is 1.59 bits per heavy atom. The normalized spacial score (nSPS) is 9.65. The molecule has 96 valence electrons. The lowest BCUT2D eigenvalue weighted by Crippen LogP contribution is -2.12. The largest absolute Gasteiger partial charge is 0.478 e. The first-order valence-corrected chi connectivity index (χ1v) is 5.26. The first-order valence-electron chi connectivity index (χ1n) is 5.26. The van der Waals surface area contributed by atoms with Crippen LogP contribution in [0.1, 0.15) is 16.8 Å². The Kier molecular flexibility index (Phi) is 8.95. The van der Waals surface area contributed by atoms with Crippen molar-refractivity contribution in [2.24, 2.45) is 5.92 Å². The zero-order chi connectivity index (χ0) is 13.1. The standard InChI is InChI=1S/C7H6O2.C5H12O3/c8-7(9)6-4-2-1-3-5-6;6-2-1-5(3-7)4-8/h1-5H,(H,8,9);5-8H,1-4H2. The molecule has 0 heterocycles. The number of hydrogen-bond donors (Lipinski definition) is 4. The van der Waals surface area contributed by atoms with Crippen LogP contribution >= 0.6 is 0 Å². The van der Waals surface area contributed by atoms with Crippen LogP contribution in [0.2, 0.25) is 0 Å². The maximum atomic E-state index is 10.2. The fraction of sp³-hybridized carbons (Fsp3) is 0.417. The van der Waals surface area contributed by atoms with Crippen LogP contribution in [-0.4, -0.2) is 46.2 Å². The highest BCUT2D eigenvalue weighted by molar-refractivity contribution is 5.87. The van der Waals surface area contributed by atoms with Gasteiger partial charge in [-0.25, -0.2) is 4.79 Å². The third kappa shape index (κ3) is 7.46. The molecule has 0 fully saturated rings. The number of aromatic carboxylic acids is 1. The van der Waals surface area contributed by atoms with Crippen LogP contribution in [0.5, 0.6) is 0 Å². The predicted octanol–water partition coefficient (Wildman–Crippen LogP) is 0.354. The summed E-state index contributed by atoms with van der Waals surface area (Å²) in [6, 6.07) is 8.30. The second-order valence-electron chi connectivity index (χ2n) is 3.41. The van der Waals surface area contributed by atoms with E-state index in [9.17, 15) is 4.79 Å². The molecule has 0 spiro atoms. The van der Waals surface area contributed by atoms with Crippen LogP contribution in [-0.2, 0) is 0 Å². The van der Waals surface area contributed by atoms with Crippen molar-refractivity contribution in [1.29, 1.82) is 0 Å². The monoisotopic (exact) mass is 242 g/mol. The van der Waals surface area contributed by atoms with Gasteiger partial charge in [0.05, 0.1) is 5.56 Å². The lowest BCUT2D eigenvalue weighted by Gasteiger charge is -2.06. The van der Waals surface area contributed by atoms with Gasteiger partial charge in [-0.1, -0.05) is 18.2 Å². The summed E-state index contributed by atoms with van der Waals surface area (Å²) in [7, 11) is 0. The summed E-state index contributed by atoms with van der Waals surface area (Å²) >= 11 is 0. The highest BCUT2D eigenvalue weighted by Crippen LogP contribution is 1.97. The molecular weight excluding hydrogens is 224 g/mol. The number of aliphatic hydroxyl groups is 3. The van der Waals surface area contributed by atoms with E-state index in [1.54, 1.807) is 30.3 Å². The van der Waals surface area contributed by atoms with E-state index in [2.05, 4.69) is 0 Å². The first-order chi connectivity index (χ1) is 8.15. The van der Waals surface area contributed by atoms with Gasteiger partial charge >= 0.3 is 5.97 Å². The summed E-state index contributed by atoms with van der Waals surface area (Å²) in [6.45, 7) is -0.0556. The van der Waals surface area contributed by atoms with Gasteiger partial charge in [-0.3, -0.25) is 0 Å². The number of benzene rings is 1. The van der Waals surface area contributed by atoms with E-state index < -0.39 is 5.97 Å². The average molecular weight is 242 g/mol.